The third-order valence-corrected chi connectivity index (χ3v) is 4.57. The Balaban J connectivity index is 2.67. The van der Waals surface area contributed by atoms with Gasteiger partial charge in [-0.1, -0.05) is 84.6 Å². The first-order chi connectivity index (χ1) is 11.9. The Labute approximate surface area is 155 Å². The average Bonchev–Trinajstić information content (AvgIpc) is 2.58. The lowest BCUT2D eigenvalue weighted by Gasteiger charge is -2.21. The molecule has 140 valence electrons. The van der Waals surface area contributed by atoms with Gasteiger partial charge in [0.15, 0.2) is 0 Å². The number of benzene rings is 1. The molecule has 0 N–H and O–H groups in total. The molecular formula is C23H37NO. The summed E-state index contributed by atoms with van der Waals surface area (Å²) in [5.74, 6) is 0.145. The molecule has 0 fully saturated rings. The van der Waals surface area contributed by atoms with Crippen molar-refractivity contribution in [1.82, 2.24) is 4.90 Å². The van der Waals surface area contributed by atoms with Crippen LogP contribution in [0.1, 0.15) is 84.3 Å². The monoisotopic (exact) mass is 343 g/mol. The van der Waals surface area contributed by atoms with Crippen LogP contribution in [0, 0.1) is 0 Å². The highest BCUT2D eigenvalue weighted by Gasteiger charge is 2.13. The van der Waals surface area contributed by atoms with E-state index >= 15 is 0 Å². The molecule has 1 aromatic rings. The van der Waals surface area contributed by atoms with E-state index < -0.39 is 0 Å². The summed E-state index contributed by atoms with van der Waals surface area (Å²) in [6, 6.07) is 8.51. The van der Waals surface area contributed by atoms with E-state index in [1.807, 2.05) is 11.0 Å². The van der Waals surface area contributed by atoms with Gasteiger partial charge in [-0.2, -0.15) is 0 Å². The van der Waals surface area contributed by atoms with Crippen molar-refractivity contribution in [2.24, 2.45) is 0 Å². The van der Waals surface area contributed by atoms with Crippen LogP contribution in [0.4, 0.5) is 0 Å². The molecule has 0 aliphatic rings. The Morgan fingerprint density at radius 2 is 1.44 bits per heavy atom. The highest BCUT2D eigenvalue weighted by molar-refractivity contribution is 5.91. The summed E-state index contributed by atoms with van der Waals surface area (Å²) in [4.78, 5) is 14.6. The van der Waals surface area contributed by atoms with Gasteiger partial charge in [-0.05, 0) is 35.5 Å². The quantitative estimate of drug-likeness (QED) is 0.365. The van der Waals surface area contributed by atoms with E-state index in [1.54, 1.807) is 6.08 Å². The Morgan fingerprint density at radius 3 is 1.88 bits per heavy atom. The van der Waals surface area contributed by atoms with Gasteiger partial charge in [-0.15, -0.1) is 0 Å². The first kappa shape index (κ1) is 21.5. The molecule has 0 heterocycles. The predicted molar refractivity (Wildman–Crippen MR) is 110 cm³/mol. The van der Waals surface area contributed by atoms with E-state index in [9.17, 15) is 4.79 Å². The van der Waals surface area contributed by atoms with Crippen LogP contribution in [0.2, 0.25) is 0 Å². The molecular weight excluding hydrogens is 306 g/mol. The van der Waals surface area contributed by atoms with Crippen LogP contribution in [-0.2, 0) is 10.2 Å². The standard InChI is InChI=1S/C23H37NO/c1-6-8-10-18-24(19-11-9-7-2)22(25)17-14-20-12-15-21(16-13-20)23(3,4)5/h12-17H,6-11,18-19H2,1-5H3. The van der Waals surface area contributed by atoms with Crippen LogP contribution in [-0.4, -0.2) is 23.9 Å². The number of rotatable bonds is 10. The van der Waals surface area contributed by atoms with Gasteiger partial charge in [0.1, 0.15) is 0 Å². The van der Waals surface area contributed by atoms with Gasteiger partial charge < -0.3 is 4.90 Å². The van der Waals surface area contributed by atoms with Crippen LogP contribution in [0.15, 0.2) is 30.3 Å². The molecule has 2 heteroatoms. The summed E-state index contributed by atoms with van der Waals surface area (Å²) >= 11 is 0. The molecule has 0 saturated carbocycles. The Hall–Kier alpha value is -1.57. The Bertz CT molecular complexity index is 512. The molecule has 0 aliphatic heterocycles. The van der Waals surface area contributed by atoms with E-state index in [1.165, 1.54) is 31.2 Å². The summed E-state index contributed by atoms with van der Waals surface area (Å²) in [6.07, 6.45) is 10.6. The smallest absolute Gasteiger partial charge is 0.246 e. The lowest BCUT2D eigenvalue weighted by Crippen LogP contribution is -2.31. The fraction of sp³-hybridized carbons (Fsp3) is 0.609. The summed E-state index contributed by atoms with van der Waals surface area (Å²) in [6.45, 7) is 12.8. The zero-order valence-electron chi connectivity index (χ0n) is 17.0. The van der Waals surface area contributed by atoms with Crippen LogP contribution in [0.25, 0.3) is 6.08 Å². The third-order valence-electron chi connectivity index (χ3n) is 4.57. The number of hydrogen-bond donors (Lipinski definition) is 0. The summed E-state index contributed by atoms with van der Waals surface area (Å²) in [7, 11) is 0. The van der Waals surface area contributed by atoms with E-state index in [-0.39, 0.29) is 11.3 Å². The van der Waals surface area contributed by atoms with Gasteiger partial charge in [-0.3, -0.25) is 4.79 Å². The van der Waals surface area contributed by atoms with Gasteiger partial charge in [0.25, 0.3) is 0 Å². The maximum atomic E-state index is 12.6. The SMILES string of the molecule is CCCCCN(CCCCC)C(=O)C=Cc1ccc(C(C)(C)C)cc1. The van der Waals surface area contributed by atoms with Gasteiger partial charge in [-0.25, -0.2) is 0 Å². The van der Waals surface area contributed by atoms with Crippen molar-refractivity contribution in [2.45, 2.75) is 78.6 Å². The van der Waals surface area contributed by atoms with Crippen molar-refractivity contribution >= 4 is 12.0 Å². The normalized spacial score (nSPS) is 11.9. The molecule has 1 aromatic carbocycles. The van der Waals surface area contributed by atoms with E-state index in [2.05, 4.69) is 58.9 Å². The van der Waals surface area contributed by atoms with Crippen LogP contribution >= 0.6 is 0 Å². The summed E-state index contributed by atoms with van der Waals surface area (Å²) < 4.78 is 0. The first-order valence-corrected chi connectivity index (χ1v) is 9.96. The van der Waals surface area contributed by atoms with Crippen molar-refractivity contribution in [1.29, 1.82) is 0 Å². The van der Waals surface area contributed by atoms with E-state index in [0.29, 0.717) is 0 Å². The maximum Gasteiger partial charge on any atom is 0.246 e. The van der Waals surface area contributed by atoms with Gasteiger partial charge >= 0.3 is 0 Å². The molecule has 0 saturated heterocycles. The van der Waals surface area contributed by atoms with Crippen molar-refractivity contribution in [3.63, 3.8) is 0 Å². The highest BCUT2D eigenvalue weighted by atomic mass is 16.2. The molecule has 0 spiro atoms. The molecule has 0 bridgehead atoms. The van der Waals surface area contributed by atoms with Crippen molar-refractivity contribution in [3.05, 3.63) is 41.5 Å². The molecule has 0 aromatic heterocycles. The minimum Gasteiger partial charge on any atom is -0.339 e. The number of amides is 1. The van der Waals surface area contributed by atoms with E-state index in [4.69, 9.17) is 0 Å². The van der Waals surface area contributed by atoms with Gasteiger partial charge in [0.2, 0.25) is 5.91 Å². The molecule has 0 atom stereocenters. The highest BCUT2D eigenvalue weighted by Crippen LogP contribution is 2.22. The summed E-state index contributed by atoms with van der Waals surface area (Å²) in [5.41, 5.74) is 2.56. The van der Waals surface area contributed by atoms with Crippen molar-refractivity contribution in [3.8, 4) is 0 Å². The lowest BCUT2D eigenvalue weighted by atomic mass is 9.87. The molecule has 0 unspecified atom stereocenters. The second-order valence-electron chi connectivity index (χ2n) is 7.94. The van der Waals surface area contributed by atoms with E-state index in [0.717, 1.165) is 31.5 Å². The molecule has 25 heavy (non-hydrogen) atoms. The van der Waals surface area contributed by atoms with Crippen LogP contribution < -0.4 is 0 Å². The number of unbranched alkanes of at least 4 members (excludes halogenated alkanes) is 4. The largest absolute Gasteiger partial charge is 0.339 e. The average molecular weight is 344 g/mol. The number of carbonyl (C=O) groups is 1. The Morgan fingerprint density at radius 1 is 0.920 bits per heavy atom. The molecule has 1 rings (SSSR count). The second-order valence-corrected chi connectivity index (χ2v) is 7.94. The third kappa shape index (κ3) is 8.38. The van der Waals surface area contributed by atoms with Crippen LogP contribution in [0.3, 0.4) is 0 Å². The molecule has 0 radical (unpaired) electrons. The predicted octanol–water partition coefficient (Wildman–Crippen LogP) is 6.21. The second kappa shape index (κ2) is 11.1. The summed E-state index contributed by atoms with van der Waals surface area (Å²) in [5, 5.41) is 0. The lowest BCUT2D eigenvalue weighted by molar-refractivity contribution is -0.126. The van der Waals surface area contributed by atoms with Crippen molar-refractivity contribution in [2.75, 3.05) is 13.1 Å². The number of hydrogen-bond acceptors (Lipinski definition) is 1. The molecule has 2 nitrogen and oxygen atoms in total. The Kier molecular flexibility index (Phi) is 9.55. The topological polar surface area (TPSA) is 20.3 Å². The van der Waals surface area contributed by atoms with Crippen molar-refractivity contribution < 1.29 is 4.79 Å². The van der Waals surface area contributed by atoms with Crippen LogP contribution in [0.5, 0.6) is 0 Å². The fourth-order valence-corrected chi connectivity index (χ4v) is 2.80. The molecule has 0 aliphatic carbocycles. The molecule has 1 amide bonds. The zero-order chi connectivity index (χ0) is 18.7. The zero-order valence-corrected chi connectivity index (χ0v) is 17.0. The minimum absolute atomic E-state index is 0.145. The number of carbonyl (C=O) groups excluding carboxylic acids is 1. The van der Waals surface area contributed by atoms with Gasteiger partial charge in [0, 0.05) is 19.2 Å². The minimum atomic E-state index is 0.145. The van der Waals surface area contributed by atoms with Gasteiger partial charge in [0.05, 0.1) is 0 Å². The fourth-order valence-electron chi connectivity index (χ4n) is 2.80. The number of nitrogens with zero attached hydrogens (tertiary/aromatic N) is 1. The first-order valence-electron chi connectivity index (χ1n) is 9.96. The maximum absolute atomic E-state index is 12.6.